The van der Waals surface area contributed by atoms with Crippen LogP contribution in [0.1, 0.15) is 0 Å². The van der Waals surface area contributed by atoms with E-state index in [9.17, 15) is 10.3 Å². The normalized spacial score (nSPS) is 24.1. The minimum atomic E-state index is -0.876. The predicted molar refractivity (Wildman–Crippen MR) is 64.1 cm³/mol. The Morgan fingerprint density at radius 1 is 1.17 bits per heavy atom. The average molecular weight is 252 g/mol. The molecular weight excluding hydrogens is 236 g/mol. The maximum atomic E-state index is 9.68. The number of β-amino-alcohol motifs (C(OH)–C–C–N with tert-alkyl or cyclic N) is 1. The first-order chi connectivity index (χ1) is 8.75. The molecule has 0 spiro atoms. The zero-order valence-electron chi connectivity index (χ0n) is 9.95. The summed E-state index contributed by atoms with van der Waals surface area (Å²) in [6.07, 6.45) is -0.876. The first kappa shape index (κ1) is 11.6. The van der Waals surface area contributed by atoms with Crippen LogP contribution in [0.2, 0.25) is 0 Å². The van der Waals surface area contributed by atoms with E-state index >= 15 is 0 Å². The summed E-state index contributed by atoms with van der Waals surface area (Å²) in [4.78, 5) is 1.99. The molecule has 1 aromatic carbocycles. The largest absolute Gasteiger partial charge is 0.486 e. The maximum Gasteiger partial charge on any atom is 0.184 e. The summed E-state index contributed by atoms with van der Waals surface area (Å²) >= 11 is 0. The van der Waals surface area contributed by atoms with E-state index in [2.05, 4.69) is 0 Å². The lowest BCUT2D eigenvalue weighted by Gasteiger charge is -2.37. The number of ether oxygens (including phenoxy) is 2. The van der Waals surface area contributed by atoms with Crippen LogP contribution in [0.5, 0.6) is 11.5 Å². The molecule has 1 fully saturated rings. The van der Waals surface area contributed by atoms with Gasteiger partial charge in [0.15, 0.2) is 11.5 Å². The lowest BCUT2D eigenvalue weighted by molar-refractivity contribution is -0.198. The average Bonchev–Trinajstić information content (AvgIpc) is 2.41. The van der Waals surface area contributed by atoms with Crippen LogP contribution in [0.3, 0.4) is 0 Å². The molecule has 1 atom stereocenters. The summed E-state index contributed by atoms with van der Waals surface area (Å²) in [5, 5.41) is 20.0. The molecule has 98 valence electrons. The number of piperazine rings is 1. The van der Waals surface area contributed by atoms with Gasteiger partial charge >= 0.3 is 0 Å². The fourth-order valence-electron chi connectivity index (χ4n) is 2.28. The number of aliphatic hydroxyl groups is 1. The molecule has 2 aliphatic rings. The highest BCUT2D eigenvalue weighted by Gasteiger charge is 2.27. The summed E-state index contributed by atoms with van der Waals surface area (Å²) in [6, 6.07) is 5.71. The van der Waals surface area contributed by atoms with Crippen molar-refractivity contribution in [2.24, 2.45) is 0 Å². The highest BCUT2D eigenvalue weighted by atomic mass is 16.6. The molecule has 1 aromatic rings. The summed E-state index contributed by atoms with van der Waals surface area (Å²) in [5.41, 5.74) is 0.902. The molecular formula is C12H16N2O4. The fraction of sp³-hybridized carbons (Fsp3) is 0.500. The van der Waals surface area contributed by atoms with Gasteiger partial charge in [0, 0.05) is 13.1 Å². The van der Waals surface area contributed by atoms with Gasteiger partial charge in [-0.15, -0.1) is 0 Å². The molecule has 18 heavy (non-hydrogen) atoms. The van der Waals surface area contributed by atoms with E-state index in [0.29, 0.717) is 32.8 Å². The fourth-order valence-corrected chi connectivity index (χ4v) is 2.28. The first-order valence-electron chi connectivity index (χ1n) is 6.03. The number of aliphatic hydroxyl groups excluding tert-OH is 1. The summed E-state index contributed by atoms with van der Waals surface area (Å²) in [5.74, 6) is 1.46. The van der Waals surface area contributed by atoms with Gasteiger partial charge in [-0.25, -0.2) is 0 Å². The molecule has 2 N–H and O–H groups in total. The van der Waals surface area contributed by atoms with Gasteiger partial charge in [-0.1, -0.05) is 6.07 Å². The molecule has 0 aliphatic carbocycles. The van der Waals surface area contributed by atoms with E-state index in [-0.39, 0.29) is 0 Å². The number of nitrogens with zero attached hydrogens (tertiary/aromatic N) is 2. The molecule has 6 nitrogen and oxygen atoms in total. The molecule has 0 bridgehead atoms. The van der Waals surface area contributed by atoms with E-state index in [4.69, 9.17) is 9.47 Å². The molecule has 0 saturated carbocycles. The van der Waals surface area contributed by atoms with Gasteiger partial charge in [-0.2, -0.15) is 5.06 Å². The molecule has 0 aromatic heterocycles. The minimum Gasteiger partial charge on any atom is -0.486 e. The van der Waals surface area contributed by atoms with Crippen LogP contribution in [0, 0.1) is 0 Å². The number of hydrogen-bond donors (Lipinski definition) is 2. The highest BCUT2D eigenvalue weighted by molar-refractivity contribution is 5.65. The Labute approximate surface area is 105 Å². The maximum absolute atomic E-state index is 9.68. The topological polar surface area (TPSA) is 65.4 Å². The Morgan fingerprint density at radius 2 is 2.00 bits per heavy atom. The van der Waals surface area contributed by atoms with Crippen molar-refractivity contribution < 1.29 is 19.8 Å². The zero-order chi connectivity index (χ0) is 12.5. The lowest BCUT2D eigenvalue weighted by Crippen LogP contribution is -2.51. The van der Waals surface area contributed by atoms with Gasteiger partial charge in [0.05, 0.1) is 12.2 Å². The van der Waals surface area contributed by atoms with Gasteiger partial charge in [-0.05, 0) is 12.1 Å². The summed E-state index contributed by atoms with van der Waals surface area (Å²) < 4.78 is 11.2. The molecule has 1 unspecified atom stereocenters. The van der Waals surface area contributed by atoms with E-state index in [1.165, 1.54) is 0 Å². The van der Waals surface area contributed by atoms with Gasteiger partial charge in [0.25, 0.3) is 0 Å². The molecule has 6 heteroatoms. The molecule has 3 rings (SSSR count). The zero-order valence-corrected chi connectivity index (χ0v) is 9.95. The van der Waals surface area contributed by atoms with Crippen molar-refractivity contribution in [1.82, 2.24) is 5.06 Å². The van der Waals surface area contributed by atoms with Crippen LogP contribution >= 0.6 is 0 Å². The third-order valence-corrected chi connectivity index (χ3v) is 3.21. The van der Waals surface area contributed by atoms with Crippen LogP contribution in [0.25, 0.3) is 0 Å². The van der Waals surface area contributed by atoms with Crippen molar-refractivity contribution in [2.45, 2.75) is 6.23 Å². The Morgan fingerprint density at radius 3 is 2.83 bits per heavy atom. The third-order valence-electron chi connectivity index (χ3n) is 3.21. The molecule has 2 aliphatic heterocycles. The van der Waals surface area contributed by atoms with Crippen LogP contribution in [0.4, 0.5) is 5.69 Å². The second-order valence-electron chi connectivity index (χ2n) is 4.39. The van der Waals surface area contributed by atoms with Crippen LogP contribution < -0.4 is 14.4 Å². The van der Waals surface area contributed by atoms with E-state index in [0.717, 1.165) is 22.2 Å². The van der Waals surface area contributed by atoms with E-state index in [1.807, 2.05) is 23.1 Å². The van der Waals surface area contributed by atoms with Crippen molar-refractivity contribution in [3.8, 4) is 11.5 Å². The summed E-state index contributed by atoms with van der Waals surface area (Å²) in [6.45, 7) is 2.46. The van der Waals surface area contributed by atoms with Crippen molar-refractivity contribution in [2.75, 3.05) is 37.7 Å². The first-order valence-corrected chi connectivity index (χ1v) is 6.03. The van der Waals surface area contributed by atoms with Crippen molar-refractivity contribution >= 4 is 5.69 Å². The van der Waals surface area contributed by atoms with Gasteiger partial charge in [-0.3, -0.25) is 0 Å². The Hall–Kier alpha value is -1.50. The number of para-hydroxylation sites is 1. The Kier molecular flexibility index (Phi) is 2.99. The monoisotopic (exact) mass is 252 g/mol. The lowest BCUT2D eigenvalue weighted by atomic mass is 10.2. The second-order valence-corrected chi connectivity index (χ2v) is 4.39. The minimum absolute atomic E-state index is 0.344. The number of hydroxylamine groups is 2. The third kappa shape index (κ3) is 1.98. The molecule has 2 heterocycles. The standard InChI is InChI=1S/C12H16N2O4/c15-11-8-13(4-5-14(11)16)9-2-1-3-10-12(9)18-7-6-17-10/h1-3,11,15-16H,4-8H2. The number of anilines is 1. The van der Waals surface area contributed by atoms with E-state index in [1.54, 1.807) is 0 Å². The quantitative estimate of drug-likeness (QED) is 0.749. The van der Waals surface area contributed by atoms with Gasteiger partial charge in [0.1, 0.15) is 19.4 Å². The Balaban J connectivity index is 1.88. The second kappa shape index (κ2) is 4.64. The van der Waals surface area contributed by atoms with Crippen molar-refractivity contribution in [3.05, 3.63) is 18.2 Å². The predicted octanol–water partition coefficient (Wildman–Crippen LogP) is 0.287. The smallest absolute Gasteiger partial charge is 0.184 e. The van der Waals surface area contributed by atoms with Crippen molar-refractivity contribution in [1.29, 1.82) is 0 Å². The molecule has 0 radical (unpaired) electrons. The van der Waals surface area contributed by atoms with Crippen LogP contribution in [0.15, 0.2) is 18.2 Å². The number of hydrogen-bond acceptors (Lipinski definition) is 6. The number of rotatable bonds is 1. The number of fused-ring (bicyclic) bond motifs is 1. The van der Waals surface area contributed by atoms with Gasteiger partial charge < -0.3 is 24.7 Å². The van der Waals surface area contributed by atoms with Gasteiger partial charge in [0.2, 0.25) is 0 Å². The Bertz CT molecular complexity index is 440. The van der Waals surface area contributed by atoms with Crippen LogP contribution in [-0.4, -0.2) is 54.5 Å². The SMILES string of the molecule is OC1CN(c2cccc3c2OCCO3)CCN1O. The highest BCUT2D eigenvalue weighted by Crippen LogP contribution is 2.39. The number of benzene rings is 1. The summed E-state index contributed by atoms with van der Waals surface area (Å²) in [7, 11) is 0. The van der Waals surface area contributed by atoms with Crippen molar-refractivity contribution in [3.63, 3.8) is 0 Å². The molecule has 0 amide bonds. The molecule has 1 saturated heterocycles. The van der Waals surface area contributed by atoms with Crippen LogP contribution in [-0.2, 0) is 0 Å². The van der Waals surface area contributed by atoms with E-state index < -0.39 is 6.23 Å².